The van der Waals surface area contributed by atoms with Gasteiger partial charge in [-0.1, -0.05) is 11.6 Å². The molecule has 0 bridgehead atoms. The Morgan fingerprint density at radius 1 is 1.41 bits per heavy atom. The summed E-state index contributed by atoms with van der Waals surface area (Å²) in [6, 6.07) is 6.96. The minimum atomic E-state index is -0.0209. The molecular formula is C12H11ClN2O2. The van der Waals surface area contributed by atoms with E-state index in [0.717, 1.165) is 5.75 Å². The molecule has 0 aliphatic carbocycles. The van der Waals surface area contributed by atoms with E-state index in [1.807, 2.05) is 0 Å². The molecule has 0 spiro atoms. The van der Waals surface area contributed by atoms with Crippen LogP contribution in [-0.2, 0) is 6.54 Å². The number of halogens is 1. The van der Waals surface area contributed by atoms with Crippen LogP contribution in [0.1, 0.15) is 10.4 Å². The first kappa shape index (κ1) is 11.7. The van der Waals surface area contributed by atoms with Crippen LogP contribution in [0.5, 0.6) is 5.75 Å². The highest BCUT2D eigenvalue weighted by Gasteiger charge is 2.07. The minimum absolute atomic E-state index is 0.0209. The first-order valence-corrected chi connectivity index (χ1v) is 5.42. The largest absolute Gasteiger partial charge is 0.497 e. The van der Waals surface area contributed by atoms with E-state index >= 15 is 0 Å². The highest BCUT2D eigenvalue weighted by Crippen LogP contribution is 2.12. The van der Waals surface area contributed by atoms with Gasteiger partial charge in [-0.25, -0.2) is 0 Å². The van der Waals surface area contributed by atoms with E-state index in [1.165, 1.54) is 10.9 Å². The van der Waals surface area contributed by atoms with Crippen LogP contribution in [0.4, 0.5) is 0 Å². The molecule has 0 N–H and O–H groups in total. The third-order valence-electron chi connectivity index (χ3n) is 2.32. The summed E-state index contributed by atoms with van der Waals surface area (Å²) in [4.78, 5) is 11.9. The highest BCUT2D eigenvalue weighted by molar-refractivity contribution is 6.30. The summed E-state index contributed by atoms with van der Waals surface area (Å²) in [5.41, 5.74) is 0.623. The zero-order chi connectivity index (χ0) is 12.3. The molecule has 0 amide bonds. The van der Waals surface area contributed by atoms with Gasteiger partial charge in [0.05, 0.1) is 18.3 Å². The molecule has 17 heavy (non-hydrogen) atoms. The third kappa shape index (κ3) is 2.85. The first-order valence-electron chi connectivity index (χ1n) is 5.04. The van der Waals surface area contributed by atoms with Gasteiger partial charge >= 0.3 is 0 Å². The standard InChI is InChI=1S/C12H11ClN2O2/c1-17-11-4-2-9(3-5-11)12(16)8-15-7-10(13)6-14-15/h2-7H,8H2,1H3. The van der Waals surface area contributed by atoms with E-state index in [9.17, 15) is 4.79 Å². The molecule has 0 radical (unpaired) electrons. The maximum atomic E-state index is 11.9. The Hall–Kier alpha value is -1.81. The van der Waals surface area contributed by atoms with Gasteiger partial charge in [0.15, 0.2) is 5.78 Å². The molecule has 5 heteroatoms. The van der Waals surface area contributed by atoms with Crippen LogP contribution < -0.4 is 4.74 Å². The summed E-state index contributed by atoms with van der Waals surface area (Å²) >= 11 is 5.72. The van der Waals surface area contributed by atoms with Gasteiger partial charge < -0.3 is 4.74 Å². The Bertz CT molecular complexity index is 520. The van der Waals surface area contributed by atoms with Crippen molar-refractivity contribution in [3.8, 4) is 5.75 Å². The lowest BCUT2D eigenvalue weighted by Gasteiger charge is -2.03. The van der Waals surface area contributed by atoms with Crippen molar-refractivity contribution in [1.29, 1.82) is 0 Å². The van der Waals surface area contributed by atoms with Crippen LogP contribution in [0, 0.1) is 0 Å². The number of nitrogens with zero attached hydrogens (tertiary/aromatic N) is 2. The van der Waals surface area contributed by atoms with Crippen molar-refractivity contribution >= 4 is 17.4 Å². The molecule has 0 atom stereocenters. The number of hydrogen-bond acceptors (Lipinski definition) is 3. The van der Waals surface area contributed by atoms with E-state index in [-0.39, 0.29) is 12.3 Å². The molecule has 2 aromatic rings. The number of hydrogen-bond donors (Lipinski definition) is 0. The van der Waals surface area contributed by atoms with Crippen LogP contribution in [0.3, 0.4) is 0 Å². The summed E-state index contributed by atoms with van der Waals surface area (Å²) in [5.74, 6) is 0.705. The van der Waals surface area contributed by atoms with E-state index in [0.29, 0.717) is 10.6 Å². The number of carbonyl (C=O) groups is 1. The van der Waals surface area contributed by atoms with E-state index < -0.39 is 0 Å². The number of ketones is 1. The summed E-state index contributed by atoms with van der Waals surface area (Å²) < 4.78 is 6.53. The van der Waals surface area contributed by atoms with Gasteiger partial charge in [-0.15, -0.1) is 0 Å². The van der Waals surface area contributed by atoms with Gasteiger partial charge in [-0.3, -0.25) is 9.48 Å². The smallest absolute Gasteiger partial charge is 0.184 e. The summed E-state index contributed by atoms with van der Waals surface area (Å²) in [5, 5.41) is 4.48. The van der Waals surface area contributed by atoms with E-state index in [4.69, 9.17) is 16.3 Å². The van der Waals surface area contributed by atoms with Crippen molar-refractivity contribution in [2.75, 3.05) is 7.11 Å². The lowest BCUT2D eigenvalue weighted by atomic mass is 10.1. The number of ether oxygens (including phenoxy) is 1. The average Bonchev–Trinajstić information content (AvgIpc) is 2.75. The van der Waals surface area contributed by atoms with Gasteiger partial charge in [0.2, 0.25) is 0 Å². The summed E-state index contributed by atoms with van der Waals surface area (Å²) in [6.45, 7) is 0.180. The predicted octanol–water partition coefficient (Wildman–Crippen LogP) is 2.43. The predicted molar refractivity (Wildman–Crippen MR) is 64.6 cm³/mol. The van der Waals surface area contributed by atoms with E-state index in [1.54, 1.807) is 37.6 Å². The average molecular weight is 251 g/mol. The summed E-state index contributed by atoms with van der Waals surface area (Å²) in [7, 11) is 1.59. The third-order valence-corrected chi connectivity index (χ3v) is 2.51. The fraction of sp³-hybridized carbons (Fsp3) is 0.167. The van der Waals surface area contributed by atoms with Crippen LogP contribution in [0.25, 0.3) is 0 Å². The number of benzene rings is 1. The zero-order valence-electron chi connectivity index (χ0n) is 9.26. The molecule has 0 unspecified atom stereocenters. The maximum absolute atomic E-state index is 11.9. The van der Waals surface area contributed by atoms with Crippen LogP contribution in [-0.4, -0.2) is 22.7 Å². The first-order chi connectivity index (χ1) is 8.19. The molecule has 1 aromatic heterocycles. The van der Waals surface area contributed by atoms with Crippen molar-refractivity contribution in [3.05, 3.63) is 47.2 Å². The van der Waals surface area contributed by atoms with Crippen molar-refractivity contribution in [2.24, 2.45) is 0 Å². The minimum Gasteiger partial charge on any atom is -0.497 e. The molecule has 2 rings (SSSR count). The number of carbonyl (C=O) groups excluding carboxylic acids is 1. The van der Waals surface area contributed by atoms with Gasteiger partial charge in [-0.2, -0.15) is 5.10 Å². The Morgan fingerprint density at radius 2 is 2.12 bits per heavy atom. The molecular weight excluding hydrogens is 240 g/mol. The molecule has 1 aromatic carbocycles. The van der Waals surface area contributed by atoms with Crippen molar-refractivity contribution < 1.29 is 9.53 Å². The van der Waals surface area contributed by atoms with Gasteiger partial charge in [0.25, 0.3) is 0 Å². The number of methoxy groups -OCH3 is 1. The quantitative estimate of drug-likeness (QED) is 0.783. The highest BCUT2D eigenvalue weighted by atomic mass is 35.5. The van der Waals surface area contributed by atoms with Crippen molar-refractivity contribution in [3.63, 3.8) is 0 Å². The lowest BCUT2D eigenvalue weighted by Crippen LogP contribution is -2.10. The number of Topliss-reactive ketones (excluding diaryl/α,β-unsaturated/α-hetero) is 1. The van der Waals surface area contributed by atoms with Crippen molar-refractivity contribution in [1.82, 2.24) is 9.78 Å². The SMILES string of the molecule is COc1ccc(C(=O)Cn2cc(Cl)cn2)cc1. The molecule has 1 heterocycles. The zero-order valence-corrected chi connectivity index (χ0v) is 10.0. The topological polar surface area (TPSA) is 44.1 Å². The van der Waals surface area contributed by atoms with Crippen LogP contribution in [0.2, 0.25) is 5.02 Å². The van der Waals surface area contributed by atoms with Crippen molar-refractivity contribution in [2.45, 2.75) is 6.54 Å². The van der Waals surface area contributed by atoms with Gasteiger partial charge in [0.1, 0.15) is 12.3 Å². The molecule has 0 fully saturated rings. The van der Waals surface area contributed by atoms with E-state index in [2.05, 4.69) is 5.10 Å². The second-order valence-corrected chi connectivity index (χ2v) is 3.94. The molecule has 0 aliphatic rings. The Morgan fingerprint density at radius 3 is 2.65 bits per heavy atom. The Kier molecular flexibility index (Phi) is 3.44. The second-order valence-electron chi connectivity index (χ2n) is 3.51. The lowest BCUT2D eigenvalue weighted by molar-refractivity contribution is 0.0967. The Balaban J connectivity index is 2.09. The Labute approximate surface area is 104 Å². The van der Waals surface area contributed by atoms with Gasteiger partial charge in [-0.05, 0) is 24.3 Å². The molecule has 88 valence electrons. The molecule has 4 nitrogen and oxygen atoms in total. The summed E-state index contributed by atoms with van der Waals surface area (Å²) in [6.07, 6.45) is 3.12. The van der Waals surface area contributed by atoms with Crippen LogP contribution in [0.15, 0.2) is 36.7 Å². The number of rotatable bonds is 4. The van der Waals surface area contributed by atoms with Crippen LogP contribution >= 0.6 is 11.6 Å². The normalized spacial score (nSPS) is 10.2. The molecule has 0 saturated heterocycles. The number of aromatic nitrogens is 2. The monoisotopic (exact) mass is 250 g/mol. The fourth-order valence-electron chi connectivity index (χ4n) is 1.44. The van der Waals surface area contributed by atoms with Gasteiger partial charge in [0, 0.05) is 11.8 Å². The fourth-order valence-corrected chi connectivity index (χ4v) is 1.60. The molecule has 0 aliphatic heterocycles. The second kappa shape index (κ2) is 5.01. The molecule has 0 saturated carbocycles. The maximum Gasteiger partial charge on any atom is 0.184 e.